The first kappa shape index (κ1) is 8.86. The van der Waals surface area contributed by atoms with E-state index in [2.05, 4.69) is 5.18 Å². The van der Waals surface area contributed by atoms with E-state index in [4.69, 9.17) is 0 Å². The maximum atomic E-state index is 11.0. The van der Waals surface area contributed by atoms with Gasteiger partial charge in [-0.1, -0.05) is 12.1 Å². The van der Waals surface area contributed by atoms with Crippen LogP contribution in [0.4, 0.5) is 5.69 Å². The zero-order valence-electron chi connectivity index (χ0n) is 6.39. The lowest BCUT2D eigenvalue weighted by atomic mass is 10.3. The van der Waals surface area contributed by atoms with Crippen molar-refractivity contribution in [2.75, 3.05) is 6.26 Å². The predicted octanol–water partition coefficient (Wildman–Crippen LogP) is 1.49. The average molecular weight is 185 g/mol. The summed E-state index contributed by atoms with van der Waals surface area (Å²) in [4.78, 5) is 10.1. The van der Waals surface area contributed by atoms with Gasteiger partial charge in [0.15, 0.2) is 9.84 Å². The number of rotatable bonds is 2. The van der Waals surface area contributed by atoms with Gasteiger partial charge in [-0.05, 0) is 17.3 Å². The van der Waals surface area contributed by atoms with Crippen molar-refractivity contribution in [2.45, 2.75) is 4.90 Å². The minimum atomic E-state index is -3.34. The molecular formula is C7H7NO3S. The van der Waals surface area contributed by atoms with Gasteiger partial charge in [-0.15, -0.1) is 4.91 Å². The van der Waals surface area contributed by atoms with Crippen molar-refractivity contribution in [1.82, 2.24) is 0 Å². The van der Waals surface area contributed by atoms with Gasteiger partial charge in [-0.25, -0.2) is 8.42 Å². The zero-order valence-corrected chi connectivity index (χ0v) is 7.21. The highest BCUT2D eigenvalue weighted by molar-refractivity contribution is 7.90. The van der Waals surface area contributed by atoms with Crippen LogP contribution in [0.5, 0.6) is 0 Å². The summed E-state index contributed by atoms with van der Waals surface area (Å²) in [6.45, 7) is 0. The second-order valence-corrected chi connectivity index (χ2v) is 4.32. The molecule has 0 aliphatic rings. The van der Waals surface area contributed by atoms with Crippen LogP contribution in [-0.4, -0.2) is 14.7 Å². The summed E-state index contributed by atoms with van der Waals surface area (Å²) in [5.41, 5.74) is -0.0417. The van der Waals surface area contributed by atoms with Gasteiger partial charge in [-0.2, -0.15) is 0 Å². The summed E-state index contributed by atoms with van der Waals surface area (Å²) in [7, 11) is -3.34. The summed E-state index contributed by atoms with van der Waals surface area (Å²) in [5.74, 6) is 0. The van der Waals surface area contributed by atoms with E-state index in [1.54, 1.807) is 12.1 Å². The SMILES string of the molecule is CS(=O)(=O)c1ccccc1N=O. The van der Waals surface area contributed by atoms with E-state index in [0.29, 0.717) is 0 Å². The number of benzene rings is 1. The van der Waals surface area contributed by atoms with Crippen LogP contribution < -0.4 is 0 Å². The minimum absolute atomic E-state index is 0.0278. The van der Waals surface area contributed by atoms with Crippen LogP contribution in [0.2, 0.25) is 0 Å². The molecule has 0 fully saturated rings. The molecular weight excluding hydrogens is 178 g/mol. The van der Waals surface area contributed by atoms with Crippen LogP contribution >= 0.6 is 0 Å². The minimum Gasteiger partial charge on any atom is -0.224 e. The van der Waals surface area contributed by atoms with E-state index in [1.807, 2.05) is 0 Å². The first-order valence-electron chi connectivity index (χ1n) is 3.18. The van der Waals surface area contributed by atoms with Crippen molar-refractivity contribution in [3.63, 3.8) is 0 Å². The predicted molar refractivity (Wildman–Crippen MR) is 45.0 cm³/mol. The lowest BCUT2D eigenvalue weighted by Gasteiger charge is -1.98. The number of nitrogens with zero attached hydrogens (tertiary/aromatic N) is 1. The lowest BCUT2D eigenvalue weighted by molar-refractivity contribution is 0.602. The fourth-order valence-corrected chi connectivity index (χ4v) is 1.66. The molecule has 0 saturated heterocycles. The lowest BCUT2D eigenvalue weighted by Crippen LogP contribution is -1.96. The molecule has 5 heteroatoms. The van der Waals surface area contributed by atoms with Crippen molar-refractivity contribution in [3.8, 4) is 0 Å². The molecule has 0 atom stereocenters. The second-order valence-electron chi connectivity index (χ2n) is 2.33. The average Bonchev–Trinajstić information content (AvgIpc) is 2.03. The summed E-state index contributed by atoms with van der Waals surface area (Å²) in [6.07, 6.45) is 1.04. The molecule has 0 saturated carbocycles. The van der Waals surface area contributed by atoms with Gasteiger partial charge in [0.05, 0.1) is 4.90 Å². The Labute approximate surface area is 70.1 Å². The van der Waals surface area contributed by atoms with Crippen LogP contribution in [0.1, 0.15) is 0 Å². The van der Waals surface area contributed by atoms with Crippen LogP contribution in [0, 0.1) is 4.91 Å². The quantitative estimate of drug-likeness (QED) is 0.655. The molecule has 0 radical (unpaired) electrons. The smallest absolute Gasteiger partial charge is 0.177 e. The Morgan fingerprint density at radius 1 is 1.25 bits per heavy atom. The molecule has 0 spiro atoms. The molecule has 12 heavy (non-hydrogen) atoms. The van der Waals surface area contributed by atoms with Crippen molar-refractivity contribution >= 4 is 15.5 Å². The molecule has 1 aromatic rings. The first-order valence-corrected chi connectivity index (χ1v) is 5.07. The standard InChI is InChI=1S/C7H7NO3S/c1-12(10,11)7-5-3-2-4-6(7)8-9/h2-5H,1H3. The van der Waals surface area contributed by atoms with Crippen molar-refractivity contribution in [1.29, 1.82) is 0 Å². The van der Waals surface area contributed by atoms with Crippen LogP contribution in [0.3, 0.4) is 0 Å². The monoisotopic (exact) mass is 185 g/mol. The van der Waals surface area contributed by atoms with Gasteiger partial charge in [0.1, 0.15) is 5.69 Å². The maximum Gasteiger partial charge on any atom is 0.177 e. The third kappa shape index (κ3) is 1.68. The summed E-state index contributed by atoms with van der Waals surface area (Å²) in [5, 5.41) is 2.61. The number of sulfone groups is 1. The highest BCUT2D eigenvalue weighted by atomic mass is 32.2. The molecule has 64 valence electrons. The molecule has 1 aromatic carbocycles. The van der Waals surface area contributed by atoms with Crippen molar-refractivity contribution in [2.24, 2.45) is 5.18 Å². The molecule has 0 amide bonds. The van der Waals surface area contributed by atoms with Gasteiger partial charge >= 0.3 is 0 Å². The van der Waals surface area contributed by atoms with E-state index in [9.17, 15) is 13.3 Å². The molecule has 0 heterocycles. The fourth-order valence-electron chi connectivity index (χ4n) is 0.846. The maximum absolute atomic E-state index is 11.0. The molecule has 4 nitrogen and oxygen atoms in total. The van der Waals surface area contributed by atoms with Gasteiger partial charge in [-0.3, -0.25) is 0 Å². The third-order valence-electron chi connectivity index (χ3n) is 1.36. The Bertz CT molecular complexity index is 397. The highest BCUT2D eigenvalue weighted by Crippen LogP contribution is 2.22. The summed E-state index contributed by atoms with van der Waals surface area (Å²) in [6, 6.07) is 5.83. The van der Waals surface area contributed by atoms with Gasteiger partial charge < -0.3 is 0 Å². The normalized spacial score (nSPS) is 11.1. The van der Waals surface area contributed by atoms with Crippen LogP contribution in [0.15, 0.2) is 34.3 Å². The highest BCUT2D eigenvalue weighted by Gasteiger charge is 2.11. The Hall–Kier alpha value is -1.23. The summed E-state index contributed by atoms with van der Waals surface area (Å²) < 4.78 is 22.0. The Kier molecular flexibility index (Phi) is 2.23. The van der Waals surface area contributed by atoms with Gasteiger partial charge in [0.25, 0.3) is 0 Å². The van der Waals surface area contributed by atoms with Gasteiger partial charge in [0.2, 0.25) is 0 Å². The molecule has 1 rings (SSSR count). The number of hydrogen-bond donors (Lipinski definition) is 0. The molecule has 0 bridgehead atoms. The summed E-state index contributed by atoms with van der Waals surface area (Å²) >= 11 is 0. The van der Waals surface area contributed by atoms with E-state index < -0.39 is 9.84 Å². The number of hydrogen-bond acceptors (Lipinski definition) is 4. The Morgan fingerprint density at radius 3 is 2.25 bits per heavy atom. The first-order chi connectivity index (χ1) is 5.55. The largest absolute Gasteiger partial charge is 0.224 e. The molecule has 0 aromatic heterocycles. The molecule has 0 aliphatic carbocycles. The molecule has 0 N–H and O–H groups in total. The van der Waals surface area contributed by atoms with Gasteiger partial charge in [0, 0.05) is 6.26 Å². The molecule has 0 aliphatic heterocycles. The van der Waals surface area contributed by atoms with Crippen LogP contribution in [-0.2, 0) is 9.84 Å². The molecule has 0 unspecified atom stereocenters. The van der Waals surface area contributed by atoms with E-state index in [0.717, 1.165) is 6.26 Å². The second kappa shape index (κ2) is 3.02. The third-order valence-corrected chi connectivity index (χ3v) is 2.51. The Morgan fingerprint density at radius 2 is 1.83 bits per heavy atom. The zero-order chi connectivity index (χ0) is 9.19. The topological polar surface area (TPSA) is 63.6 Å². The van der Waals surface area contributed by atoms with Crippen molar-refractivity contribution in [3.05, 3.63) is 29.2 Å². The fraction of sp³-hybridized carbons (Fsp3) is 0.143. The Balaban J connectivity index is 3.43. The van der Waals surface area contributed by atoms with E-state index in [1.165, 1.54) is 12.1 Å². The van der Waals surface area contributed by atoms with E-state index >= 15 is 0 Å². The van der Waals surface area contributed by atoms with E-state index in [-0.39, 0.29) is 10.6 Å². The van der Waals surface area contributed by atoms with Crippen LogP contribution in [0.25, 0.3) is 0 Å². The van der Waals surface area contributed by atoms with Crippen molar-refractivity contribution < 1.29 is 8.42 Å². The number of nitroso groups, excluding NO2 is 1.